The molecular weight excluding hydrogens is 446 g/mol. The highest BCUT2D eigenvalue weighted by Gasteiger charge is 2.18. The molecule has 0 aliphatic heterocycles. The Labute approximate surface area is 206 Å². The van der Waals surface area contributed by atoms with Gasteiger partial charge >= 0.3 is 0 Å². The Morgan fingerprint density at radius 1 is 0.750 bits per heavy atom. The van der Waals surface area contributed by atoms with E-state index < -0.39 is 0 Å². The lowest BCUT2D eigenvalue weighted by atomic mass is 9.97. The van der Waals surface area contributed by atoms with Gasteiger partial charge in [-0.05, 0) is 35.4 Å². The molecule has 0 saturated heterocycles. The zero-order valence-corrected chi connectivity index (χ0v) is 19.3. The molecule has 4 aromatic heterocycles. The van der Waals surface area contributed by atoms with Crippen molar-refractivity contribution in [2.45, 2.75) is 6.54 Å². The molecule has 3 N–H and O–H groups in total. The van der Waals surface area contributed by atoms with E-state index in [1.165, 1.54) is 0 Å². The SMILES string of the molecule is NCc1ccc(-c2nc3ccn4c(-c5nc6ccccc6[nH]5)nnc4c3cc2-c2ccccc2)cc1. The molecule has 0 aliphatic carbocycles. The lowest BCUT2D eigenvalue weighted by Crippen LogP contribution is -1.97. The molecule has 0 spiro atoms. The van der Waals surface area contributed by atoms with Gasteiger partial charge in [0.25, 0.3) is 0 Å². The molecule has 7 nitrogen and oxygen atoms in total. The second kappa shape index (κ2) is 8.11. The van der Waals surface area contributed by atoms with Crippen LogP contribution in [0, 0.1) is 0 Å². The Balaban J connectivity index is 1.46. The van der Waals surface area contributed by atoms with Crippen molar-refractivity contribution in [1.29, 1.82) is 0 Å². The summed E-state index contributed by atoms with van der Waals surface area (Å²) in [4.78, 5) is 13.2. The number of para-hydroxylation sites is 2. The van der Waals surface area contributed by atoms with Crippen LogP contribution in [0.2, 0.25) is 0 Å². The number of hydrogen-bond acceptors (Lipinski definition) is 5. The number of nitrogens with zero attached hydrogens (tertiary/aromatic N) is 5. The maximum absolute atomic E-state index is 5.82. The summed E-state index contributed by atoms with van der Waals surface area (Å²) < 4.78 is 1.96. The molecule has 0 aliphatic rings. The minimum absolute atomic E-state index is 0.509. The van der Waals surface area contributed by atoms with Crippen LogP contribution in [-0.2, 0) is 6.54 Å². The van der Waals surface area contributed by atoms with Crippen molar-refractivity contribution in [3.8, 4) is 34.0 Å². The minimum Gasteiger partial charge on any atom is -0.335 e. The fourth-order valence-corrected chi connectivity index (χ4v) is 4.67. The number of nitrogens with one attached hydrogen (secondary N) is 1. The van der Waals surface area contributed by atoms with Gasteiger partial charge in [0.1, 0.15) is 0 Å². The Hall–Kier alpha value is -4.88. The van der Waals surface area contributed by atoms with Crippen LogP contribution >= 0.6 is 0 Å². The average molecular weight is 468 g/mol. The second-order valence-electron chi connectivity index (χ2n) is 8.72. The number of pyridine rings is 2. The van der Waals surface area contributed by atoms with E-state index in [2.05, 4.69) is 57.6 Å². The maximum Gasteiger partial charge on any atom is 0.204 e. The minimum atomic E-state index is 0.509. The van der Waals surface area contributed by atoms with Gasteiger partial charge in [-0.15, -0.1) is 10.2 Å². The van der Waals surface area contributed by atoms with E-state index in [9.17, 15) is 0 Å². The molecule has 3 aromatic carbocycles. The molecule has 172 valence electrons. The van der Waals surface area contributed by atoms with Gasteiger partial charge in [0.2, 0.25) is 5.82 Å². The normalized spacial score (nSPS) is 11.6. The summed E-state index contributed by atoms with van der Waals surface area (Å²) in [5.41, 5.74) is 14.4. The largest absolute Gasteiger partial charge is 0.335 e. The van der Waals surface area contributed by atoms with Gasteiger partial charge in [-0.1, -0.05) is 66.7 Å². The second-order valence-corrected chi connectivity index (χ2v) is 8.72. The zero-order chi connectivity index (χ0) is 24.1. The van der Waals surface area contributed by atoms with Crippen LogP contribution in [0.25, 0.3) is 61.6 Å². The molecule has 36 heavy (non-hydrogen) atoms. The fourth-order valence-electron chi connectivity index (χ4n) is 4.67. The van der Waals surface area contributed by atoms with Crippen LogP contribution < -0.4 is 5.73 Å². The van der Waals surface area contributed by atoms with Gasteiger partial charge in [-0.3, -0.25) is 4.40 Å². The van der Waals surface area contributed by atoms with Crippen LogP contribution in [0.4, 0.5) is 0 Å². The van der Waals surface area contributed by atoms with E-state index in [1.54, 1.807) is 0 Å². The highest BCUT2D eigenvalue weighted by Crippen LogP contribution is 2.35. The summed E-state index contributed by atoms with van der Waals surface area (Å²) in [5, 5.41) is 9.97. The molecule has 0 radical (unpaired) electrons. The van der Waals surface area contributed by atoms with Crippen molar-refractivity contribution in [2.24, 2.45) is 5.73 Å². The van der Waals surface area contributed by atoms with Crippen molar-refractivity contribution in [1.82, 2.24) is 29.5 Å². The summed E-state index contributed by atoms with van der Waals surface area (Å²) >= 11 is 0. The van der Waals surface area contributed by atoms with E-state index in [0.29, 0.717) is 18.2 Å². The van der Waals surface area contributed by atoms with Gasteiger partial charge in [0.15, 0.2) is 11.5 Å². The predicted molar refractivity (Wildman–Crippen MR) is 142 cm³/mol. The van der Waals surface area contributed by atoms with E-state index >= 15 is 0 Å². The third-order valence-corrected chi connectivity index (χ3v) is 6.52. The standard InChI is InChI=1S/C29H21N7/c30-17-18-10-12-20(13-11-18)26-21(19-6-2-1-3-7-19)16-22-23(31-26)14-15-36-28(22)34-35-29(36)27-32-24-8-4-5-9-25(24)33-27/h1-16H,17,30H2,(H,32,33). The maximum atomic E-state index is 5.82. The lowest BCUT2D eigenvalue weighted by molar-refractivity contribution is 1.07. The van der Waals surface area contributed by atoms with Crippen LogP contribution in [0.3, 0.4) is 0 Å². The number of fused-ring (bicyclic) bond motifs is 4. The van der Waals surface area contributed by atoms with E-state index in [4.69, 9.17) is 15.7 Å². The van der Waals surface area contributed by atoms with Crippen molar-refractivity contribution in [2.75, 3.05) is 0 Å². The smallest absolute Gasteiger partial charge is 0.204 e. The first-order valence-electron chi connectivity index (χ1n) is 11.8. The van der Waals surface area contributed by atoms with Gasteiger partial charge in [0, 0.05) is 29.3 Å². The van der Waals surface area contributed by atoms with E-state index in [-0.39, 0.29) is 0 Å². The number of rotatable bonds is 4. The highest BCUT2D eigenvalue weighted by atomic mass is 15.3. The summed E-state index contributed by atoms with van der Waals surface area (Å²) in [7, 11) is 0. The molecule has 7 aromatic rings. The Morgan fingerprint density at radius 3 is 2.36 bits per heavy atom. The number of imidazole rings is 1. The molecule has 0 unspecified atom stereocenters. The van der Waals surface area contributed by atoms with Gasteiger partial charge in [-0.25, -0.2) is 9.97 Å². The molecule has 7 heteroatoms. The molecular formula is C29H21N7. The first-order valence-corrected chi connectivity index (χ1v) is 11.8. The summed E-state index contributed by atoms with van der Waals surface area (Å²) in [6.07, 6.45) is 1.96. The van der Waals surface area contributed by atoms with Crippen molar-refractivity contribution in [3.63, 3.8) is 0 Å². The average Bonchev–Trinajstić information content (AvgIpc) is 3.57. The van der Waals surface area contributed by atoms with Gasteiger partial charge < -0.3 is 10.7 Å². The molecule has 0 fully saturated rings. The number of aromatic amines is 1. The number of H-pyrrole nitrogens is 1. The monoisotopic (exact) mass is 467 g/mol. The van der Waals surface area contributed by atoms with E-state index in [1.807, 2.05) is 59.1 Å². The van der Waals surface area contributed by atoms with Crippen LogP contribution in [0.15, 0.2) is 97.2 Å². The molecule has 0 saturated carbocycles. The Bertz CT molecular complexity index is 1830. The number of aromatic nitrogens is 6. The highest BCUT2D eigenvalue weighted by molar-refractivity contribution is 5.98. The molecule has 7 rings (SSSR count). The number of nitrogens with two attached hydrogens (primary N) is 1. The molecule has 0 amide bonds. The molecule has 0 bridgehead atoms. The van der Waals surface area contributed by atoms with E-state index in [0.717, 1.165) is 55.5 Å². The van der Waals surface area contributed by atoms with Crippen LogP contribution in [-0.4, -0.2) is 29.5 Å². The van der Waals surface area contributed by atoms with Gasteiger partial charge in [0.05, 0.1) is 22.2 Å². The fraction of sp³-hybridized carbons (Fsp3) is 0.0345. The predicted octanol–water partition coefficient (Wildman–Crippen LogP) is 5.61. The Kier molecular flexibility index (Phi) is 4.62. The first-order chi connectivity index (χ1) is 17.8. The quantitative estimate of drug-likeness (QED) is 0.350. The van der Waals surface area contributed by atoms with Crippen LogP contribution in [0.1, 0.15) is 5.56 Å². The molecule has 0 atom stereocenters. The Morgan fingerprint density at radius 2 is 1.56 bits per heavy atom. The number of hydrogen-bond donors (Lipinski definition) is 2. The van der Waals surface area contributed by atoms with Crippen LogP contribution in [0.5, 0.6) is 0 Å². The third-order valence-electron chi connectivity index (χ3n) is 6.52. The summed E-state index contributed by atoms with van der Waals surface area (Å²) in [6.45, 7) is 0.509. The van der Waals surface area contributed by atoms with Crippen molar-refractivity contribution in [3.05, 3.63) is 103 Å². The van der Waals surface area contributed by atoms with Crippen molar-refractivity contribution >= 4 is 27.6 Å². The topological polar surface area (TPSA) is 97.8 Å². The van der Waals surface area contributed by atoms with Gasteiger partial charge in [-0.2, -0.15) is 0 Å². The van der Waals surface area contributed by atoms with Crippen molar-refractivity contribution < 1.29 is 0 Å². The number of benzene rings is 3. The lowest BCUT2D eigenvalue weighted by Gasteiger charge is -2.12. The zero-order valence-electron chi connectivity index (χ0n) is 19.3. The first kappa shape index (κ1) is 20.5. The third kappa shape index (κ3) is 3.25. The molecule has 4 heterocycles. The summed E-state index contributed by atoms with van der Waals surface area (Å²) in [5.74, 6) is 1.33. The summed E-state index contributed by atoms with van der Waals surface area (Å²) in [6, 6.07) is 30.7.